The van der Waals surface area contributed by atoms with Gasteiger partial charge in [0.2, 0.25) is 11.1 Å². The lowest BCUT2D eigenvalue weighted by Crippen LogP contribution is -2.32. The molecule has 11 heteroatoms. The van der Waals surface area contributed by atoms with Crippen LogP contribution in [-0.2, 0) is 11.8 Å². The van der Waals surface area contributed by atoms with E-state index in [-0.39, 0.29) is 11.6 Å². The predicted molar refractivity (Wildman–Crippen MR) is 126 cm³/mol. The number of benzene rings is 2. The minimum atomic E-state index is -0.648. The molecule has 5 aromatic rings. The highest BCUT2D eigenvalue weighted by molar-refractivity contribution is 7.99. The first-order valence-corrected chi connectivity index (χ1v) is 10.9. The molecule has 3 heterocycles. The number of hydrogen-bond acceptors (Lipinski definition) is 7. The maximum absolute atomic E-state index is 12.6. The molecule has 0 unspecified atom stereocenters. The first-order valence-electron chi connectivity index (χ1n) is 9.93. The van der Waals surface area contributed by atoms with Gasteiger partial charge in [-0.2, -0.15) is 0 Å². The van der Waals surface area contributed by atoms with Crippen LogP contribution in [0.15, 0.2) is 75.4 Å². The zero-order valence-electron chi connectivity index (χ0n) is 17.3. The summed E-state index contributed by atoms with van der Waals surface area (Å²) in [5.74, 6) is -0.383. The average molecular weight is 459 g/mol. The van der Waals surface area contributed by atoms with E-state index in [0.717, 1.165) is 28.7 Å². The molecule has 1 amide bonds. The normalized spacial score (nSPS) is 11.2. The van der Waals surface area contributed by atoms with Crippen LogP contribution in [0, 0.1) is 0 Å². The summed E-state index contributed by atoms with van der Waals surface area (Å²) in [5.41, 5.74) is 1.60. The number of carbonyl (C=O) groups is 1. The second-order valence-corrected chi connectivity index (χ2v) is 8.12. The molecule has 0 aliphatic heterocycles. The number of nitrogens with one attached hydrogen (secondary N) is 2. The van der Waals surface area contributed by atoms with E-state index in [2.05, 4.69) is 25.5 Å². The molecule has 0 atom stereocenters. The van der Waals surface area contributed by atoms with Crippen LogP contribution in [0.3, 0.4) is 0 Å². The minimum absolute atomic E-state index is 0.0348. The molecular weight excluding hydrogens is 442 g/mol. The van der Waals surface area contributed by atoms with Crippen LogP contribution in [-0.4, -0.2) is 41.0 Å². The lowest BCUT2D eigenvalue weighted by atomic mass is 10.2. The van der Waals surface area contributed by atoms with Gasteiger partial charge in [-0.05, 0) is 18.2 Å². The Morgan fingerprint density at radius 1 is 1.06 bits per heavy atom. The molecule has 5 rings (SSSR count). The fourth-order valence-electron chi connectivity index (χ4n) is 3.58. The molecule has 164 valence electrons. The van der Waals surface area contributed by atoms with Gasteiger partial charge in [0, 0.05) is 18.5 Å². The van der Waals surface area contributed by atoms with Gasteiger partial charge in [0.15, 0.2) is 5.65 Å². The van der Waals surface area contributed by atoms with Crippen LogP contribution >= 0.6 is 11.8 Å². The van der Waals surface area contributed by atoms with Gasteiger partial charge in [-0.15, -0.1) is 10.2 Å². The third kappa shape index (κ3) is 3.89. The van der Waals surface area contributed by atoms with E-state index in [0.29, 0.717) is 22.0 Å². The number of carbonyl (C=O) groups excluding carboxylic acids is 1. The van der Waals surface area contributed by atoms with Crippen LogP contribution in [0.2, 0.25) is 0 Å². The van der Waals surface area contributed by atoms with E-state index in [1.807, 2.05) is 35.9 Å². The van der Waals surface area contributed by atoms with Crippen molar-refractivity contribution in [3.05, 3.63) is 81.5 Å². The van der Waals surface area contributed by atoms with Gasteiger partial charge < -0.3 is 9.88 Å². The highest BCUT2D eigenvalue weighted by atomic mass is 32.2. The van der Waals surface area contributed by atoms with Crippen LogP contribution in [0.1, 0.15) is 0 Å². The van der Waals surface area contributed by atoms with Crippen molar-refractivity contribution in [3.63, 3.8) is 0 Å². The average Bonchev–Trinajstić information content (AvgIpc) is 3.10. The Morgan fingerprint density at radius 2 is 1.82 bits per heavy atom. The Bertz CT molecular complexity index is 1620. The van der Waals surface area contributed by atoms with Gasteiger partial charge in [0.1, 0.15) is 11.3 Å². The Hall–Kier alpha value is -4.25. The largest absolute Gasteiger partial charge is 0.334 e. The molecule has 0 aliphatic carbocycles. The number of aromatic amines is 1. The van der Waals surface area contributed by atoms with Gasteiger partial charge in [-0.25, -0.2) is 14.3 Å². The standard InChI is InChI=1S/C22H17N7O3S/c1-28-15-10-6-5-9-14(15)19-20(28)25-21(27-26-19)33-12-18(31)23-16-11-17(30)24-22(32)29(16)13-7-3-2-4-8-13/h2-11H,12H2,1H3,(H,23,31)(H,24,30,32). The number of rotatable bonds is 5. The topological polar surface area (TPSA) is 128 Å². The molecule has 0 saturated heterocycles. The molecule has 33 heavy (non-hydrogen) atoms. The molecule has 0 fully saturated rings. The zero-order chi connectivity index (χ0) is 22.9. The van der Waals surface area contributed by atoms with Gasteiger partial charge in [-0.3, -0.25) is 14.6 Å². The van der Waals surface area contributed by atoms with Crippen LogP contribution in [0.5, 0.6) is 0 Å². The minimum Gasteiger partial charge on any atom is -0.327 e. The molecular formula is C22H17N7O3S. The second kappa shape index (κ2) is 8.36. The van der Waals surface area contributed by atoms with E-state index >= 15 is 0 Å². The van der Waals surface area contributed by atoms with Crippen molar-refractivity contribution in [2.45, 2.75) is 5.16 Å². The van der Waals surface area contributed by atoms with Crippen LogP contribution in [0.4, 0.5) is 5.82 Å². The van der Waals surface area contributed by atoms with Crippen molar-refractivity contribution < 1.29 is 4.79 Å². The number of anilines is 1. The number of hydrogen-bond donors (Lipinski definition) is 2. The van der Waals surface area contributed by atoms with Gasteiger partial charge in [0.25, 0.3) is 5.56 Å². The smallest absolute Gasteiger partial charge is 0.327 e. The Kier molecular flexibility index (Phi) is 5.23. The van der Waals surface area contributed by atoms with E-state index in [9.17, 15) is 14.4 Å². The predicted octanol–water partition coefficient (Wildman–Crippen LogP) is 2.09. The zero-order valence-corrected chi connectivity index (χ0v) is 18.2. The highest BCUT2D eigenvalue weighted by Gasteiger charge is 2.15. The maximum Gasteiger partial charge on any atom is 0.334 e. The molecule has 0 bridgehead atoms. The summed E-state index contributed by atoms with van der Waals surface area (Å²) in [6, 6.07) is 17.7. The number of para-hydroxylation sites is 2. The first kappa shape index (κ1) is 20.6. The molecule has 0 aliphatic rings. The lowest BCUT2D eigenvalue weighted by Gasteiger charge is -2.12. The van der Waals surface area contributed by atoms with Crippen molar-refractivity contribution in [3.8, 4) is 5.69 Å². The molecule has 3 aromatic heterocycles. The Labute approximate surface area is 190 Å². The molecule has 0 radical (unpaired) electrons. The van der Waals surface area contributed by atoms with Gasteiger partial charge in [0.05, 0.1) is 17.0 Å². The highest BCUT2D eigenvalue weighted by Crippen LogP contribution is 2.26. The summed E-state index contributed by atoms with van der Waals surface area (Å²) in [7, 11) is 1.90. The number of fused-ring (bicyclic) bond motifs is 3. The van der Waals surface area contributed by atoms with Crippen molar-refractivity contribution in [1.82, 2.24) is 29.3 Å². The number of H-pyrrole nitrogens is 1. The SMILES string of the molecule is Cn1c2ccccc2c2nnc(SCC(=O)Nc3cc(=O)[nH]c(=O)n3-c3ccccc3)nc21. The van der Waals surface area contributed by atoms with Gasteiger partial charge in [-0.1, -0.05) is 48.2 Å². The molecule has 0 spiro atoms. The summed E-state index contributed by atoms with van der Waals surface area (Å²) in [6.07, 6.45) is 0. The van der Waals surface area contributed by atoms with E-state index in [4.69, 9.17) is 0 Å². The third-order valence-electron chi connectivity index (χ3n) is 5.04. The number of amides is 1. The third-order valence-corrected chi connectivity index (χ3v) is 5.88. The Morgan fingerprint density at radius 3 is 2.64 bits per heavy atom. The quantitative estimate of drug-likeness (QED) is 0.385. The molecule has 10 nitrogen and oxygen atoms in total. The van der Waals surface area contributed by atoms with Crippen molar-refractivity contribution in [2.24, 2.45) is 7.05 Å². The molecule has 2 N–H and O–H groups in total. The van der Waals surface area contributed by atoms with E-state index in [1.54, 1.807) is 30.3 Å². The molecule has 0 saturated carbocycles. The van der Waals surface area contributed by atoms with E-state index < -0.39 is 17.2 Å². The van der Waals surface area contributed by atoms with Crippen LogP contribution in [0.25, 0.3) is 27.8 Å². The van der Waals surface area contributed by atoms with Crippen molar-refractivity contribution in [2.75, 3.05) is 11.1 Å². The van der Waals surface area contributed by atoms with Crippen molar-refractivity contribution in [1.29, 1.82) is 0 Å². The van der Waals surface area contributed by atoms with Crippen LogP contribution < -0.4 is 16.6 Å². The lowest BCUT2D eigenvalue weighted by molar-refractivity contribution is -0.113. The number of aryl methyl sites for hydroxylation is 1. The van der Waals surface area contributed by atoms with Gasteiger partial charge >= 0.3 is 5.69 Å². The number of nitrogens with zero attached hydrogens (tertiary/aromatic N) is 5. The van der Waals surface area contributed by atoms with Crippen molar-refractivity contribution >= 4 is 45.6 Å². The van der Waals surface area contributed by atoms with E-state index in [1.165, 1.54) is 4.57 Å². The summed E-state index contributed by atoms with van der Waals surface area (Å²) in [5, 5.41) is 12.4. The number of thioether (sulfide) groups is 1. The number of aromatic nitrogens is 6. The monoisotopic (exact) mass is 459 g/mol. The molecule has 2 aromatic carbocycles. The maximum atomic E-state index is 12.6. The summed E-state index contributed by atoms with van der Waals surface area (Å²) < 4.78 is 3.15. The summed E-state index contributed by atoms with van der Waals surface area (Å²) in [4.78, 5) is 43.6. The second-order valence-electron chi connectivity index (χ2n) is 7.17. The Balaban J connectivity index is 1.38. The summed E-state index contributed by atoms with van der Waals surface area (Å²) in [6.45, 7) is 0. The first-order chi connectivity index (χ1) is 16.0. The fraction of sp³-hybridized carbons (Fsp3) is 0.0909. The summed E-state index contributed by atoms with van der Waals surface area (Å²) >= 11 is 1.11. The fourth-order valence-corrected chi connectivity index (χ4v) is 4.17.